The third kappa shape index (κ3) is 4.75. The Morgan fingerprint density at radius 2 is 1.88 bits per heavy atom. The fraction of sp³-hybridized carbons (Fsp3) is 0.136. The number of hydrazone groups is 1. The predicted octanol–water partition coefficient (Wildman–Crippen LogP) is 3.45. The van der Waals surface area contributed by atoms with Crippen molar-refractivity contribution in [3.8, 4) is 11.4 Å². The lowest BCUT2D eigenvalue weighted by Crippen LogP contribution is -2.20. The number of hydrogen-bond donors (Lipinski definition) is 1. The number of aromatic nitrogens is 5. The zero-order valence-electron chi connectivity index (χ0n) is 17.4. The van der Waals surface area contributed by atoms with Crippen LogP contribution in [-0.2, 0) is 4.79 Å². The van der Waals surface area contributed by atoms with Crippen molar-refractivity contribution in [2.75, 3.05) is 5.75 Å². The number of carbonyl (C=O) groups is 1. The maximum Gasteiger partial charge on any atom is 0.250 e. The molecular formula is C22H20FN7OS. The van der Waals surface area contributed by atoms with Gasteiger partial charge in [0.25, 0.3) is 5.91 Å². The maximum absolute atomic E-state index is 13.2. The van der Waals surface area contributed by atoms with Crippen LogP contribution in [-0.4, -0.2) is 42.6 Å². The summed E-state index contributed by atoms with van der Waals surface area (Å²) in [4.78, 5) is 12.2. The third-order valence-electron chi connectivity index (χ3n) is 4.72. The van der Waals surface area contributed by atoms with Crippen LogP contribution in [0.25, 0.3) is 11.4 Å². The molecule has 0 aliphatic heterocycles. The first-order valence-corrected chi connectivity index (χ1v) is 10.7. The van der Waals surface area contributed by atoms with E-state index >= 15 is 0 Å². The van der Waals surface area contributed by atoms with Crippen LogP contribution < -0.4 is 5.43 Å². The first kappa shape index (κ1) is 21.4. The topological polar surface area (TPSA) is 90.0 Å². The highest BCUT2D eigenvalue weighted by molar-refractivity contribution is 7.99. The number of nitrogens with one attached hydrogen (secondary N) is 1. The van der Waals surface area contributed by atoms with E-state index in [-0.39, 0.29) is 17.5 Å². The first-order chi connectivity index (χ1) is 15.5. The van der Waals surface area contributed by atoms with E-state index in [2.05, 4.69) is 26.1 Å². The van der Waals surface area contributed by atoms with Gasteiger partial charge in [0.05, 0.1) is 17.7 Å². The van der Waals surface area contributed by atoms with Gasteiger partial charge in [-0.2, -0.15) is 9.78 Å². The Bertz CT molecular complexity index is 1250. The van der Waals surface area contributed by atoms with Gasteiger partial charge in [0.2, 0.25) is 5.16 Å². The molecule has 2 heterocycles. The molecule has 0 saturated heterocycles. The highest BCUT2D eigenvalue weighted by Gasteiger charge is 2.12. The minimum absolute atomic E-state index is 0.110. The molecule has 0 radical (unpaired) electrons. The number of rotatable bonds is 7. The van der Waals surface area contributed by atoms with Gasteiger partial charge in [-0.05, 0) is 66.7 Å². The molecule has 2 aromatic heterocycles. The second kappa shape index (κ2) is 9.56. The fourth-order valence-electron chi connectivity index (χ4n) is 3.24. The van der Waals surface area contributed by atoms with Crippen LogP contribution >= 0.6 is 11.8 Å². The van der Waals surface area contributed by atoms with Gasteiger partial charge in [-0.25, -0.2) is 9.82 Å². The Morgan fingerprint density at radius 1 is 1.12 bits per heavy atom. The van der Waals surface area contributed by atoms with E-state index in [4.69, 9.17) is 0 Å². The predicted molar refractivity (Wildman–Crippen MR) is 121 cm³/mol. The second-order valence-corrected chi connectivity index (χ2v) is 7.87. The number of nitrogens with zero attached hydrogens (tertiary/aromatic N) is 6. The minimum Gasteiger partial charge on any atom is -0.318 e. The van der Waals surface area contributed by atoms with Crippen molar-refractivity contribution in [1.82, 2.24) is 30.2 Å². The number of amides is 1. The summed E-state index contributed by atoms with van der Waals surface area (Å²) in [5.41, 5.74) is 6.97. The maximum atomic E-state index is 13.2. The van der Waals surface area contributed by atoms with E-state index in [9.17, 15) is 9.18 Å². The summed E-state index contributed by atoms with van der Waals surface area (Å²) in [7, 11) is 0. The molecular weight excluding hydrogens is 429 g/mol. The van der Waals surface area contributed by atoms with Gasteiger partial charge < -0.3 is 4.57 Å². The second-order valence-electron chi connectivity index (χ2n) is 6.93. The van der Waals surface area contributed by atoms with Gasteiger partial charge in [-0.1, -0.05) is 30.0 Å². The van der Waals surface area contributed by atoms with Gasteiger partial charge in [0, 0.05) is 22.6 Å². The number of halogens is 1. The third-order valence-corrected chi connectivity index (χ3v) is 5.64. The SMILES string of the molecule is Cc1cc(C=NNC(=O)CSc2nnnn2-c2ccccc2)c(C)n1-c1ccc(F)cc1. The normalized spacial score (nSPS) is 11.2. The number of tetrazole rings is 1. The number of carbonyl (C=O) groups excluding carboxylic acids is 1. The van der Waals surface area contributed by atoms with Crippen molar-refractivity contribution in [3.05, 3.63) is 83.4 Å². The Kier molecular flexibility index (Phi) is 6.41. The molecule has 4 rings (SSSR count). The molecule has 0 spiro atoms. The zero-order chi connectivity index (χ0) is 22.5. The molecule has 4 aromatic rings. The molecule has 8 nitrogen and oxygen atoms in total. The number of para-hydroxylation sites is 1. The molecule has 162 valence electrons. The number of benzene rings is 2. The van der Waals surface area contributed by atoms with Crippen molar-refractivity contribution in [2.24, 2.45) is 5.10 Å². The van der Waals surface area contributed by atoms with Gasteiger partial charge in [0.1, 0.15) is 5.82 Å². The van der Waals surface area contributed by atoms with Crippen LogP contribution in [0, 0.1) is 19.7 Å². The average Bonchev–Trinajstić information content (AvgIpc) is 3.38. The van der Waals surface area contributed by atoms with Crippen molar-refractivity contribution in [3.63, 3.8) is 0 Å². The Labute approximate surface area is 188 Å². The van der Waals surface area contributed by atoms with Crippen LogP contribution in [0.15, 0.2) is 70.9 Å². The molecule has 1 N–H and O–H groups in total. The smallest absolute Gasteiger partial charge is 0.250 e. The summed E-state index contributed by atoms with van der Waals surface area (Å²) < 4.78 is 16.8. The van der Waals surface area contributed by atoms with Gasteiger partial charge in [-0.15, -0.1) is 5.10 Å². The Balaban J connectivity index is 1.37. The van der Waals surface area contributed by atoms with Gasteiger partial charge in [-0.3, -0.25) is 4.79 Å². The van der Waals surface area contributed by atoms with E-state index in [0.717, 1.165) is 28.3 Å². The highest BCUT2D eigenvalue weighted by Crippen LogP contribution is 2.20. The van der Waals surface area contributed by atoms with E-state index < -0.39 is 0 Å². The van der Waals surface area contributed by atoms with Crippen LogP contribution in [0.5, 0.6) is 0 Å². The van der Waals surface area contributed by atoms with Crippen LogP contribution in [0.1, 0.15) is 17.0 Å². The lowest BCUT2D eigenvalue weighted by Gasteiger charge is -2.09. The van der Waals surface area contributed by atoms with Crippen molar-refractivity contribution < 1.29 is 9.18 Å². The summed E-state index contributed by atoms with van der Waals surface area (Å²) in [5, 5.41) is 16.2. The van der Waals surface area contributed by atoms with Crippen molar-refractivity contribution >= 4 is 23.9 Å². The zero-order valence-corrected chi connectivity index (χ0v) is 18.3. The van der Waals surface area contributed by atoms with E-state index in [1.165, 1.54) is 23.9 Å². The minimum atomic E-state index is -0.281. The van der Waals surface area contributed by atoms with Crippen molar-refractivity contribution in [2.45, 2.75) is 19.0 Å². The molecule has 32 heavy (non-hydrogen) atoms. The van der Waals surface area contributed by atoms with Crippen LogP contribution in [0.2, 0.25) is 0 Å². The van der Waals surface area contributed by atoms with Crippen molar-refractivity contribution in [1.29, 1.82) is 0 Å². The molecule has 0 fully saturated rings. The summed E-state index contributed by atoms with van der Waals surface area (Å²) in [6, 6.07) is 17.7. The molecule has 1 amide bonds. The molecule has 0 aliphatic carbocycles. The fourth-order valence-corrected chi connectivity index (χ4v) is 3.93. The highest BCUT2D eigenvalue weighted by atomic mass is 32.2. The monoisotopic (exact) mass is 449 g/mol. The average molecular weight is 450 g/mol. The lowest BCUT2D eigenvalue weighted by atomic mass is 10.2. The molecule has 0 unspecified atom stereocenters. The van der Waals surface area contributed by atoms with E-state index in [0.29, 0.717) is 5.16 Å². The summed E-state index contributed by atoms with van der Waals surface area (Å²) in [6.07, 6.45) is 1.60. The number of thioether (sulfide) groups is 1. The summed E-state index contributed by atoms with van der Waals surface area (Å²) >= 11 is 1.22. The standard InChI is InChI=1S/C22H20FN7OS/c1-15-12-17(16(2)29(15)19-10-8-18(23)9-11-19)13-24-25-21(31)14-32-22-26-27-28-30(22)20-6-4-3-5-7-20/h3-13H,14H2,1-2H3,(H,25,31). The molecule has 0 saturated carbocycles. The number of hydrogen-bond acceptors (Lipinski definition) is 6. The van der Waals surface area contributed by atoms with Gasteiger partial charge >= 0.3 is 0 Å². The Morgan fingerprint density at radius 3 is 2.62 bits per heavy atom. The number of aryl methyl sites for hydroxylation is 1. The largest absolute Gasteiger partial charge is 0.318 e. The van der Waals surface area contributed by atoms with E-state index in [1.54, 1.807) is 23.0 Å². The van der Waals surface area contributed by atoms with Crippen LogP contribution in [0.4, 0.5) is 4.39 Å². The molecule has 10 heteroatoms. The molecule has 0 aliphatic rings. The molecule has 2 aromatic carbocycles. The quantitative estimate of drug-likeness (QED) is 0.265. The lowest BCUT2D eigenvalue weighted by molar-refractivity contribution is -0.118. The first-order valence-electron chi connectivity index (χ1n) is 9.76. The summed E-state index contributed by atoms with van der Waals surface area (Å²) in [6.45, 7) is 3.90. The Hall–Kier alpha value is -3.79. The summed E-state index contributed by atoms with van der Waals surface area (Å²) in [5.74, 6) is -0.448. The van der Waals surface area contributed by atoms with E-state index in [1.807, 2.05) is 54.8 Å². The molecule has 0 bridgehead atoms. The van der Waals surface area contributed by atoms with Crippen LogP contribution in [0.3, 0.4) is 0 Å². The molecule has 0 atom stereocenters. The van der Waals surface area contributed by atoms with Gasteiger partial charge in [0.15, 0.2) is 0 Å².